The number of ether oxygens (including phenoxy) is 2. The highest BCUT2D eigenvalue weighted by Crippen LogP contribution is 2.43. The van der Waals surface area contributed by atoms with E-state index in [1.165, 1.54) is 18.4 Å². The van der Waals surface area contributed by atoms with Gasteiger partial charge in [-0.1, -0.05) is 24.3 Å². The van der Waals surface area contributed by atoms with Crippen molar-refractivity contribution in [2.24, 2.45) is 0 Å². The van der Waals surface area contributed by atoms with Gasteiger partial charge in [-0.05, 0) is 47.5 Å². The summed E-state index contributed by atoms with van der Waals surface area (Å²) in [5.74, 6) is 0.498. The number of fused-ring (bicyclic) bond motifs is 3. The molecule has 0 radical (unpaired) electrons. The molecule has 3 aromatic carbocycles. The molecular weight excluding hydrogens is 396 g/mol. The van der Waals surface area contributed by atoms with Gasteiger partial charge < -0.3 is 19.0 Å². The number of carbonyl (C=O) groups is 1. The molecule has 0 saturated carbocycles. The minimum Gasteiger partial charge on any atom is -0.508 e. The molecule has 5 rings (SSSR count). The summed E-state index contributed by atoms with van der Waals surface area (Å²) in [5.41, 5.74) is 2.76. The fourth-order valence-corrected chi connectivity index (χ4v) is 4.04. The lowest BCUT2D eigenvalue weighted by Crippen LogP contribution is -2.22. The lowest BCUT2D eigenvalue weighted by Gasteiger charge is -2.25. The first-order valence-electron chi connectivity index (χ1n) is 9.77. The molecule has 0 unspecified atom stereocenters. The average molecular weight is 414 g/mol. The SMILES string of the molecule is COc1cccc([C@H]2CC(=O)Oc3ccc4c(=O)c(-c5ccc(O)cc5)coc4c32)c1. The Morgan fingerprint density at radius 2 is 1.84 bits per heavy atom. The van der Waals surface area contributed by atoms with Crippen molar-refractivity contribution in [3.63, 3.8) is 0 Å². The van der Waals surface area contributed by atoms with E-state index in [0.717, 1.165) is 5.56 Å². The average Bonchev–Trinajstić information content (AvgIpc) is 2.79. The Morgan fingerprint density at radius 1 is 1.03 bits per heavy atom. The molecular formula is C25H18O6. The number of aromatic hydroxyl groups is 1. The van der Waals surface area contributed by atoms with Gasteiger partial charge in [-0.3, -0.25) is 9.59 Å². The fraction of sp³-hybridized carbons (Fsp3) is 0.120. The summed E-state index contributed by atoms with van der Waals surface area (Å²) >= 11 is 0. The van der Waals surface area contributed by atoms with Crippen LogP contribution in [0.15, 0.2) is 76.1 Å². The highest BCUT2D eigenvalue weighted by Gasteiger charge is 2.32. The molecule has 0 bridgehead atoms. The molecule has 2 heterocycles. The summed E-state index contributed by atoms with van der Waals surface area (Å²) in [6, 6.07) is 17.1. The predicted octanol–water partition coefficient (Wildman–Crippen LogP) is 4.62. The Bertz CT molecular complexity index is 1370. The molecule has 6 nitrogen and oxygen atoms in total. The molecule has 6 heteroatoms. The number of methoxy groups -OCH3 is 1. The zero-order valence-electron chi connectivity index (χ0n) is 16.6. The standard InChI is InChI=1S/C25H18O6/c1-29-17-4-2-3-15(11-17)19-12-22(27)31-21-10-9-18-24(28)20(13-30-25(18)23(19)21)14-5-7-16(26)8-6-14/h2-11,13,19,26H,12H2,1H3/t19-/m1/s1. The molecule has 0 fully saturated rings. The quantitative estimate of drug-likeness (QED) is 0.389. The van der Waals surface area contributed by atoms with E-state index in [1.807, 2.05) is 24.3 Å². The molecule has 0 spiro atoms. The molecule has 1 aliphatic rings. The highest BCUT2D eigenvalue weighted by molar-refractivity contribution is 5.90. The van der Waals surface area contributed by atoms with Crippen LogP contribution in [0.25, 0.3) is 22.1 Å². The Morgan fingerprint density at radius 3 is 2.61 bits per heavy atom. The number of carbonyl (C=O) groups excluding carboxylic acids is 1. The zero-order valence-corrected chi connectivity index (χ0v) is 16.6. The lowest BCUT2D eigenvalue weighted by molar-refractivity contribution is -0.135. The molecule has 0 saturated heterocycles. The van der Waals surface area contributed by atoms with Crippen molar-refractivity contribution in [1.29, 1.82) is 0 Å². The smallest absolute Gasteiger partial charge is 0.312 e. The third-order valence-corrected chi connectivity index (χ3v) is 5.56. The summed E-state index contributed by atoms with van der Waals surface area (Å²) in [6.07, 6.45) is 1.54. The van der Waals surface area contributed by atoms with Crippen LogP contribution in [0.4, 0.5) is 0 Å². The van der Waals surface area contributed by atoms with E-state index >= 15 is 0 Å². The zero-order chi connectivity index (χ0) is 21.5. The van der Waals surface area contributed by atoms with Crippen LogP contribution >= 0.6 is 0 Å². The van der Waals surface area contributed by atoms with Crippen molar-refractivity contribution < 1.29 is 23.8 Å². The van der Waals surface area contributed by atoms with E-state index in [0.29, 0.717) is 39.2 Å². The molecule has 1 aromatic heterocycles. The second-order valence-corrected chi connectivity index (χ2v) is 7.39. The fourth-order valence-electron chi connectivity index (χ4n) is 4.04. The van der Waals surface area contributed by atoms with Crippen LogP contribution in [0.5, 0.6) is 17.2 Å². The molecule has 1 aliphatic heterocycles. The van der Waals surface area contributed by atoms with Crippen molar-refractivity contribution in [2.75, 3.05) is 7.11 Å². The Kier molecular flexibility index (Phi) is 4.47. The predicted molar refractivity (Wildman–Crippen MR) is 115 cm³/mol. The van der Waals surface area contributed by atoms with E-state index < -0.39 is 0 Å². The first kappa shape index (κ1) is 18.9. The monoisotopic (exact) mass is 414 g/mol. The maximum absolute atomic E-state index is 13.3. The second-order valence-electron chi connectivity index (χ2n) is 7.39. The van der Waals surface area contributed by atoms with Gasteiger partial charge in [0.25, 0.3) is 0 Å². The van der Waals surface area contributed by atoms with Crippen molar-refractivity contribution in [3.8, 4) is 28.4 Å². The third-order valence-electron chi connectivity index (χ3n) is 5.56. The van der Waals surface area contributed by atoms with Crippen LogP contribution in [0.1, 0.15) is 23.5 Å². The highest BCUT2D eigenvalue weighted by atomic mass is 16.5. The van der Waals surface area contributed by atoms with Crippen molar-refractivity contribution in [3.05, 3.63) is 88.3 Å². The second kappa shape index (κ2) is 7.32. The van der Waals surface area contributed by atoms with E-state index in [2.05, 4.69) is 0 Å². The van der Waals surface area contributed by atoms with Gasteiger partial charge in [0.2, 0.25) is 5.43 Å². The summed E-state index contributed by atoms with van der Waals surface area (Å²) in [5, 5.41) is 9.92. The first-order valence-corrected chi connectivity index (χ1v) is 9.77. The van der Waals surface area contributed by atoms with Crippen LogP contribution < -0.4 is 14.9 Å². The molecule has 31 heavy (non-hydrogen) atoms. The van der Waals surface area contributed by atoms with E-state index in [4.69, 9.17) is 13.9 Å². The summed E-state index contributed by atoms with van der Waals surface area (Å²) < 4.78 is 16.8. The van der Waals surface area contributed by atoms with Gasteiger partial charge in [-0.15, -0.1) is 0 Å². The molecule has 154 valence electrons. The third kappa shape index (κ3) is 3.22. The maximum Gasteiger partial charge on any atom is 0.312 e. The number of phenolic OH excluding ortho intramolecular Hbond substituents is 1. The van der Waals surface area contributed by atoms with Crippen LogP contribution in [0.3, 0.4) is 0 Å². The summed E-state index contributed by atoms with van der Waals surface area (Å²) in [4.78, 5) is 25.5. The topological polar surface area (TPSA) is 86.0 Å². The summed E-state index contributed by atoms with van der Waals surface area (Å²) in [6.45, 7) is 0. The van der Waals surface area contributed by atoms with Gasteiger partial charge in [-0.2, -0.15) is 0 Å². The van der Waals surface area contributed by atoms with E-state index in [-0.39, 0.29) is 29.5 Å². The van der Waals surface area contributed by atoms with Crippen LogP contribution in [-0.2, 0) is 4.79 Å². The molecule has 0 aliphatic carbocycles. The Labute approximate surface area is 177 Å². The van der Waals surface area contributed by atoms with Gasteiger partial charge in [0.15, 0.2) is 0 Å². The van der Waals surface area contributed by atoms with Crippen LogP contribution in [-0.4, -0.2) is 18.2 Å². The lowest BCUT2D eigenvalue weighted by atomic mass is 9.85. The molecule has 1 N–H and O–H groups in total. The number of phenols is 1. The maximum atomic E-state index is 13.3. The number of rotatable bonds is 3. The number of benzene rings is 3. The van der Waals surface area contributed by atoms with Crippen LogP contribution in [0, 0.1) is 0 Å². The summed E-state index contributed by atoms with van der Waals surface area (Å²) in [7, 11) is 1.58. The molecule has 4 aromatic rings. The number of hydrogen-bond donors (Lipinski definition) is 1. The van der Waals surface area contributed by atoms with Crippen molar-refractivity contribution >= 4 is 16.9 Å². The first-order chi connectivity index (χ1) is 15.0. The van der Waals surface area contributed by atoms with Crippen molar-refractivity contribution in [1.82, 2.24) is 0 Å². The van der Waals surface area contributed by atoms with Gasteiger partial charge in [-0.25, -0.2) is 0 Å². The van der Waals surface area contributed by atoms with E-state index in [1.54, 1.807) is 31.4 Å². The van der Waals surface area contributed by atoms with Crippen molar-refractivity contribution in [2.45, 2.75) is 12.3 Å². The minimum absolute atomic E-state index is 0.117. The van der Waals surface area contributed by atoms with Gasteiger partial charge >= 0.3 is 5.97 Å². The largest absolute Gasteiger partial charge is 0.508 e. The normalized spacial score (nSPS) is 15.4. The Balaban J connectivity index is 1.72. The Hall–Kier alpha value is -4.06. The molecule has 1 atom stereocenters. The van der Waals surface area contributed by atoms with Gasteiger partial charge in [0.05, 0.1) is 24.5 Å². The number of esters is 1. The number of hydrogen-bond acceptors (Lipinski definition) is 6. The molecule has 0 amide bonds. The van der Waals surface area contributed by atoms with Gasteiger partial charge in [0, 0.05) is 11.5 Å². The minimum atomic E-state index is -0.345. The van der Waals surface area contributed by atoms with Gasteiger partial charge in [0.1, 0.15) is 29.1 Å². The van der Waals surface area contributed by atoms with Crippen LogP contribution in [0.2, 0.25) is 0 Å². The van der Waals surface area contributed by atoms with E-state index in [9.17, 15) is 14.7 Å².